The topological polar surface area (TPSA) is 85.9 Å². The van der Waals surface area contributed by atoms with Gasteiger partial charge in [-0.3, -0.25) is 20.4 Å². The van der Waals surface area contributed by atoms with E-state index in [0.717, 1.165) is 5.56 Å². The number of amides is 2. The summed E-state index contributed by atoms with van der Waals surface area (Å²) in [5, 5.41) is 0.377. The summed E-state index contributed by atoms with van der Waals surface area (Å²) in [6, 6.07) is 9.89. The molecule has 2 N–H and O–H groups in total. The zero-order valence-electron chi connectivity index (χ0n) is 15.7. The molecule has 0 aliphatic heterocycles. The van der Waals surface area contributed by atoms with E-state index < -0.39 is 11.8 Å². The lowest BCUT2D eigenvalue weighted by atomic mass is 10.2. The number of nitrogens with one attached hydrogen (secondary N) is 2. The van der Waals surface area contributed by atoms with Gasteiger partial charge in [-0.2, -0.15) is 0 Å². The largest absolute Gasteiger partial charge is 0.496 e. The second kappa shape index (κ2) is 10.2. The van der Waals surface area contributed by atoms with Gasteiger partial charge in [0.25, 0.3) is 11.8 Å². The molecule has 0 bridgehead atoms. The summed E-state index contributed by atoms with van der Waals surface area (Å²) >= 11 is 5.90. The lowest BCUT2D eigenvalue weighted by molar-refractivity contribution is -0.117. The van der Waals surface area contributed by atoms with Crippen molar-refractivity contribution in [1.82, 2.24) is 10.9 Å². The number of rotatable bonds is 7. The Morgan fingerprint density at radius 3 is 2.39 bits per heavy atom. The molecular weight excluding hydrogens is 384 g/mol. The van der Waals surface area contributed by atoms with Crippen molar-refractivity contribution in [2.45, 2.75) is 6.92 Å². The molecule has 8 heteroatoms. The van der Waals surface area contributed by atoms with Crippen LogP contribution in [0.25, 0.3) is 6.08 Å². The van der Waals surface area contributed by atoms with Crippen molar-refractivity contribution in [2.24, 2.45) is 0 Å². The SMILES string of the molecule is CCOc1cc(/C=C/C(=O)NNC(=O)c2cc(Cl)ccc2OC)ccc1OC. The Hall–Kier alpha value is -3.19. The molecule has 2 aromatic carbocycles. The highest BCUT2D eigenvalue weighted by Crippen LogP contribution is 2.28. The summed E-state index contributed by atoms with van der Waals surface area (Å²) in [5.41, 5.74) is 5.56. The number of halogens is 1. The van der Waals surface area contributed by atoms with E-state index in [4.69, 9.17) is 25.8 Å². The van der Waals surface area contributed by atoms with Crippen LogP contribution in [0.5, 0.6) is 17.2 Å². The molecule has 0 saturated carbocycles. The summed E-state index contributed by atoms with van der Waals surface area (Å²) in [7, 11) is 2.99. The van der Waals surface area contributed by atoms with E-state index in [9.17, 15) is 9.59 Å². The fourth-order valence-corrected chi connectivity index (χ4v) is 2.49. The lowest BCUT2D eigenvalue weighted by Gasteiger charge is -2.10. The number of methoxy groups -OCH3 is 2. The second-order valence-corrected chi connectivity index (χ2v) is 5.90. The predicted octanol–water partition coefficient (Wildman–Crippen LogP) is 3.23. The van der Waals surface area contributed by atoms with Crippen molar-refractivity contribution in [3.8, 4) is 17.2 Å². The molecule has 0 fully saturated rings. The van der Waals surface area contributed by atoms with Crippen LogP contribution in [0.2, 0.25) is 5.02 Å². The van der Waals surface area contributed by atoms with Crippen LogP contribution in [0.15, 0.2) is 42.5 Å². The lowest BCUT2D eigenvalue weighted by Crippen LogP contribution is -2.40. The number of benzene rings is 2. The highest BCUT2D eigenvalue weighted by molar-refractivity contribution is 6.31. The van der Waals surface area contributed by atoms with E-state index in [1.54, 1.807) is 43.5 Å². The van der Waals surface area contributed by atoms with Gasteiger partial charge in [-0.25, -0.2) is 0 Å². The summed E-state index contributed by atoms with van der Waals surface area (Å²) in [5.74, 6) is 0.459. The molecule has 0 aliphatic rings. The van der Waals surface area contributed by atoms with Gasteiger partial charge >= 0.3 is 0 Å². The molecule has 2 rings (SSSR count). The molecular formula is C20H21ClN2O5. The normalized spacial score (nSPS) is 10.4. The maximum Gasteiger partial charge on any atom is 0.273 e. The average molecular weight is 405 g/mol. The number of hydrazine groups is 1. The first-order valence-corrected chi connectivity index (χ1v) is 8.79. The molecule has 28 heavy (non-hydrogen) atoms. The Bertz CT molecular complexity index is 883. The zero-order chi connectivity index (χ0) is 20.5. The van der Waals surface area contributed by atoms with Gasteiger partial charge < -0.3 is 14.2 Å². The van der Waals surface area contributed by atoms with E-state index in [0.29, 0.717) is 28.9 Å². The fourth-order valence-electron chi connectivity index (χ4n) is 2.32. The van der Waals surface area contributed by atoms with Gasteiger partial charge in [0.15, 0.2) is 11.5 Å². The summed E-state index contributed by atoms with van der Waals surface area (Å²) in [6.07, 6.45) is 2.87. The van der Waals surface area contributed by atoms with Crippen LogP contribution in [0.1, 0.15) is 22.8 Å². The van der Waals surface area contributed by atoms with Crippen LogP contribution in [-0.4, -0.2) is 32.6 Å². The van der Waals surface area contributed by atoms with Crippen LogP contribution >= 0.6 is 11.6 Å². The second-order valence-electron chi connectivity index (χ2n) is 5.46. The number of hydrogen-bond acceptors (Lipinski definition) is 5. The third kappa shape index (κ3) is 5.65. The average Bonchev–Trinajstić information content (AvgIpc) is 2.70. The van der Waals surface area contributed by atoms with Crippen LogP contribution < -0.4 is 25.1 Å². The Labute approximate surface area is 168 Å². The first-order chi connectivity index (χ1) is 13.5. The Balaban J connectivity index is 2.00. The number of carbonyl (C=O) groups excluding carboxylic acids is 2. The maximum atomic E-state index is 12.2. The molecule has 2 amide bonds. The first-order valence-electron chi connectivity index (χ1n) is 8.41. The fraction of sp³-hybridized carbons (Fsp3) is 0.200. The molecule has 2 aromatic rings. The molecule has 0 aliphatic carbocycles. The third-order valence-electron chi connectivity index (χ3n) is 3.62. The number of ether oxygens (including phenoxy) is 3. The van der Waals surface area contributed by atoms with Gasteiger partial charge in [0.2, 0.25) is 0 Å². The molecule has 0 spiro atoms. The molecule has 0 atom stereocenters. The molecule has 0 saturated heterocycles. The van der Waals surface area contributed by atoms with Crippen molar-refractivity contribution in [2.75, 3.05) is 20.8 Å². The van der Waals surface area contributed by atoms with Gasteiger partial charge in [0.05, 0.1) is 26.4 Å². The van der Waals surface area contributed by atoms with Crippen molar-refractivity contribution < 1.29 is 23.8 Å². The highest BCUT2D eigenvalue weighted by atomic mass is 35.5. The Kier molecular flexibility index (Phi) is 7.71. The summed E-state index contributed by atoms with van der Waals surface area (Å²) in [6.45, 7) is 2.36. The molecule has 0 aromatic heterocycles. The minimum atomic E-state index is -0.552. The molecule has 7 nitrogen and oxygen atoms in total. The van der Waals surface area contributed by atoms with Crippen LogP contribution in [0.4, 0.5) is 0 Å². The van der Waals surface area contributed by atoms with Gasteiger partial charge in [0.1, 0.15) is 5.75 Å². The first kappa shape index (κ1) is 21.1. The van der Waals surface area contributed by atoms with Gasteiger partial charge in [0, 0.05) is 11.1 Å². The monoisotopic (exact) mass is 404 g/mol. The number of hydrogen-bond donors (Lipinski definition) is 2. The smallest absolute Gasteiger partial charge is 0.273 e. The third-order valence-corrected chi connectivity index (χ3v) is 3.86. The Morgan fingerprint density at radius 1 is 1.00 bits per heavy atom. The van der Waals surface area contributed by atoms with E-state index in [-0.39, 0.29) is 5.56 Å². The Morgan fingerprint density at radius 2 is 1.71 bits per heavy atom. The molecule has 148 valence electrons. The van der Waals surface area contributed by atoms with Crippen molar-refractivity contribution in [1.29, 1.82) is 0 Å². The van der Waals surface area contributed by atoms with E-state index in [2.05, 4.69) is 10.9 Å². The molecule has 0 radical (unpaired) electrons. The predicted molar refractivity (Wildman–Crippen MR) is 107 cm³/mol. The van der Waals surface area contributed by atoms with Crippen LogP contribution in [0.3, 0.4) is 0 Å². The highest BCUT2D eigenvalue weighted by Gasteiger charge is 2.13. The number of carbonyl (C=O) groups is 2. The zero-order valence-corrected chi connectivity index (χ0v) is 16.5. The van der Waals surface area contributed by atoms with Crippen LogP contribution in [-0.2, 0) is 4.79 Å². The standard InChI is InChI=1S/C20H21ClN2O5/c1-4-28-18-11-13(5-8-17(18)27-3)6-10-19(24)22-23-20(25)15-12-14(21)7-9-16(15)26-2/h5-12H,4H2,1-3H3,(H,22,24)(H,23,25)/b10-6+. The summed E-state index contributed by atoms with van der Waals surface area (Å²) in [4.78, 5) is 24.2. The van der Waals surface area contributed by atoms with Gasteiger partial charge in [-0.1, -0.05) is 17.7 Å². The van der Waals surface area contributed by atoms with E-state index in [1.165, 1.54) is 19.3 Å². The van der Waals surface area contributed by atoms with Crippen molar-refractivity contribution in [3.05, 3.63) is 58.6 Å². The molecule has 0 heterocycles. The molecule has 0 unspecified atom stereocenters. The summed E-state index contributed by atoms with van der Waals surface area (Å²) < 4.78 is 15.8. The van der Waals surface area contributed by atoms with E-state index in [1.807, 2.05) is 6.92 Å². The van der Waals surface area contributed by atoms with Crippen molar-refractivity contribution in [3.63, 3.8) is 0 Å². The minimum Gasteiger partial charge on any atom is -0.496 e. The quantitative estimate of drug-likeness (QED) is 0.546. The van der Waals surface area contributed by atoms with Crippen molar-refractivity contribution >= 4 is 29.5 Å². The van der Waals surface area contributed by atoms with E-state index >= 15 is 0 Å². The maximum absolute atomic E-state index is 12.2. The van der Waals surface area contributed by atoms with Gasteiger partial charge in [-0.05, 0) is 48.9 Å². The van der Waals surface area contributed by atoms with Crippen LogP contribution in [0, 0.1) is 0 Å². The van der Waals surface area contributed by atoms with Gasteiger partial charge in [-0.15, -0.1) is 0 Å². The minimum absolute atomic E-state index is 0.204.